The first kappa shape index (κ1) is 20.9. The van der Waals surface area contributed by atoms with Crippen LogP contribution in [0, 0.1) is 5.82 Å². The molecule has 1 amide bonds. The molecule has 31 heavy (non-hydrogen) atoms. The number of anilines is 1. The summed E-state index contributed by atoms with van der Waals surface area (Å²) in [5.41, 5.74) is 2.43. The molecule has 2 aromatic carbocycles. The Hall–Kier alpha value is -3.39. The largest absolute Gasteiger partial charge is 0.497 e. The van der Waals surface area contributed by atoms with E-state index in [9.17, 15) is 9.18 Å². The van der Waals surface area contributed by atoms with Gasteiger partial charge in [-0.25, -0.2) is 4.39 Å². The average molecular weight is 425 g/mol. The lowest BCUT2D eigenvalue weighted by Crippen LogP contribution is -2.49. The number of methoxy groups -OCH3 is 1. The Morgan fingerprint density at radius 1 is 1.06 bits per heavy atom. The molecule has 0 N–H and O–H groups in total. The van der Waals surface area contributed by atoms with Gasteiger partial charge in [-0.2, -0.15) is 0 Å². The molecule has 2 heterocycles. The molecule has 1 aromatic heterocycles. The summed E-state index contributed by atoms with van der Waals surface area (Å²) in [6.07, 6.45) is 0. The predicted octanol–water partition coefficient (Wildman–Crippen LogP) is 3.35. The van der Waals surface area contributed by atoms with E-state index in [0.29, 0.717) is 24.5 Å². The fraction of sp³-hybridized carbons (Fsp3) is 0.304. The molecule has 4 rings (SSSR count). The van der Waals surface area contributed by atoms with Crippen molar-refractivity contribution in [2.24, 2.45) is 0 Å². The number of carbonyl (C=O) groups is 1. The van der Waals surface area contributed by atoms with Crippen LogP contribution in [0.25, 0.3) is 11.3 Å². The summed E-state index contributed by atoms with van der Waals surface area (Å²) in [6.45, 7) is 2.98. The van der Waals surface area contributed by atoms with E-state index in [0.717, 1.165) is 30.1 Å². The van der Waals surface area contributed by atoms with E-state index >= 15 is 0 Å². The maximum atomic E-state index is 13.0. The van der Waals surface area contributed by atoms with E-state index in [2.05, 4.69) is 10.1 Å². The average Bonchev–Trinajstić information content (AvgIpc) is 3.28. The minimum atomic E-state index is -0.310. The number of ether oxygens (including phenoxy) is 2. The second-order valence-corrected chi connectivity index (χ2v) is 7.25. The van der Waals surface area contributed by atoms with E-state index in [1.54, 1.807) is 25.3 Å². The first-order valence-electron chi connectivity index (χ1n) is 10.1. The van der Waals surface area contributed by atoms with Crippen molar-refractivity contribution >= 4 is 11.6 Å². The van der Waals surface area contributed by atoms with Crippen molar-refractivity contribution in [3.8, 4) is 17.1 Å². The summed E-state index contributed by atoms with van der Waals surface area (Å²) in [4.78, 5) is 16.5. The summed E-state index contributed by atoms with van der Waals surface area (Å²) >= 11 is 0. The molecule has 0 aliphatic carbocycles. The first-order chi connectivity index (χ1) is 15.1. The Morgan fingerprint density at radius 3 is 2.45 bits per heavy atom. The summed E-state index contributed by atoms with van der Waals surface area (Å²) < 4.78 is 29.0. The SMILES string of the molecule is COc1ccc(N2CCN(C(=O)COCc3cc(-c4ccc(F)cc4)on3)CC2)cc1. The molecule has 1 fully saturated rings. The molecule has 8 heteroatoms. The third-order valence-electron chi connectivity index (χ3n) is 5.23. The fourth-order valence-electron chi connectivity index (χ4n) is 3.47. The van der Waals surface area contributed by atoms with Crippen LogP contribution >= 0.6 is 0 Å². The Labute approximate surface area is 179 Å². The van der Waals surface area contributed by atoms with E-state index in [-0.39, 0.29) is 24.9 Å². The maximum absolute atomic E-state index is 13.0. The summed E-state index contributed by atoms with van der Waals surface area (Å²) in [5.74, 6) is 0.998. The van der Waals surface area contributed by atoms with Crippen molar-refractivity contribution in [1.29, 1.82) is 0 Å². The maximum Gasteiger partial charge on any atom is 0.248 e. The molecule has 1 saturated heterocycles. The van der Waals surface area contributed by atoms with Gasteiger partial charge in [0.25, 0.3) is 0 Å². The number of halogens is 1. The molecule has 162 valence electrons. The molecule has 0 bridgehead atoms. The summed E-state index contributed by atoms with van der Waals surface area (Å²) in [7, 11) is 1.65. The molecule has 0 radical (unpaired) electrons. The second kappa shape index (κ2) is 9.61. The van der Waals surface area contributed by atoms with Gasteiger partial charge in [-0.1, -0.05) is 5.16 Å². The van der Waals surface area contributed by atoms with E-state index < -0.39 is 0 Å². The van der Waals surface area contributed by atoms with Gasteiger partial charge in [0, 0.05) is 43.5 Å². The fourth-order valence-corrected chi connectivity index (χ4v) is 3.47. The molecule has 1 aliphatic heterocycles. The van der Waals surface area contributed by atoms with Crippen LogP contribution in [-0.4, -0.2) is 55.9 Å². The zero-order valence-corrected chi connectivity index (χ0v) is 17.3. The lowest BCUT2D eigenvalue weighted by atomic mass is 10.1. The Balaban J connectivity index is 1.21. The van der Waals surface area contributed by atoms with Crippen molar-refractivity contribution < 1.29 is 23.2 Å². The predicted molar refractivity (Wildman–Crippen MR) is 113 cm³/mol. The third-order valence-corrected chi connectivity index (χ3v) is 5.23. The minimum absolute atomic E-state index is 0.0126. The van der Waals surface area contributed by atoms with Crippen molar-refractivity contribution in [2.75, 3.05) is 44.8 Å². The van der Waals surface area contributed by atoms with Gasteiger partial charge in [0.15, 0.2) is 5.76 Å². The highest BCUT2D eigenvalue weighted by atomic mass is 19.1. The topological polar surface area (TPSA) is 68.0 Å². The highest BCUT2D eigenvalue weighted by Gasteiger charge is 2.21. The molecular formula is C23H24FN3O4. The van der Waals surface area contributed by atoms with Crippen LogP contribution < -0.4 is 9.64 Å². The number of carbonyl (C=O) groups excluding carboxylic acids is 1. The second-order valence-electron chi connectivity index (χ2n) is 7.25. The Bertz CT molecular complexity index is 996. The van der Waals surface area contributed by atoms with Crippen LogP contribution in [0.2, 0.25) is 0 Å². The van der Waals surface area contributed by atoms with Crippen LogP contribution in [0.3, 0.4) is 0 Å². The smallest absolute Gasteiger partial charge is 0.248 e. The number of piperazine rings is 1. The molecule has 0 atom stereocenters. The lowest BCUT2D eigenvalue weighted by molar-refractivity contribution is -0.136. The molecule has 0 spiro atoms. The standard InChI is InChI=1S/C23H24FN3O4/c1-29-21-8-6-20(7-9-21)26-10-12-27(13-11-26)23(28)16-30-15-19-14-22(31-25-19)17-2-4-18(24)5-3-17/h2-9,14H,10-13,15-16H2,1H3. The number of benzene rings is 2. The van der Waals surface area contributed by atoms with Gasteiger partial charge in [0.05, 0.1) is 13.7 Å². The minimum Gasteiger partial charge on any atom is -0.497 e. The van der Waals surface area contributed by atoms with Crippen molar-refractivity contribution in [3.05, 3.63) is 66.1 Å². The van der Waals surface area contributed by atoms with Crippen LogP contribution in [0.4, 0.5) is 10.1 Å². The van der Waals surface area contributed by atoms with Crippen LogP contribution in [0.1, 0.15) is 5.69 Å². The first-order valence-corrected chi connectivity index (χ1v) is 10.1. The van der Waals surface area contributed by atoms with Crippen molar-refractivity contribution in [2.45, 2.75) is 6.61 Å². The van der Waals surface area contributed by atoms with Gasteiger partial charge >= 0.3 is 0 Å². The summed E-state index contributed by atoms with van der Waals surface area (Å²) in [6, 6.07) is 15.6. The van der Waals surface area contributed by atoms with Gasteiger partial charge < -0.3 is 23.8 Å². The van der Waals surface area contributed by atoms with Crippen LogP contribution in [0.5, 0.6) is 5.75 Å². The van der Waals surface area contributed by atoms with Crippen LogP contribution in [0.15, 0.2) is 59.1 Å². The van der Waals surface area contributed by atoms with E-state index in [4.69, 9.17) is 14.0 Å². The number of hydrogen-bond acceptors (Lipinski definition) is 6. The lowest BCUT2D eigenvalue weighted by Gasteiger charge is -2.36. The van der Waals surface area contributed by atoms with Crippen molar-refractivity contribution in [1.82, 2.24) is 10.1 Å². The number of rotatable bonds is 7. The number of amides is 1. The van der Waals surface area contributed by atoms with Gasteiger partial charge in [-0.15, -0.1) is 0 Å². The molecule has 0 unspecified atom stereocenters. The quantitative estimate of drug-likeness (QED) is 0.578. The highest BCUT2D eigenvalue weighted by Crippen LogP contribution is 2.22. The zero-order valence-electron chi connectivity index (χ0n) is 17.3. The van der Waals surface area contributed by atoms with E-state index in [1.807, 2.05) is 29.2 Å². The highest BCUT2D eigenvalue weighted by molar-refractivity contribution is 5.77. The Morgan fingerprint density at radius 2 is 1.77 bits per heavy atom. The van der Waals surface area contributed by atoms with Gasteiger partial charge in [-0.05, 0) is 48.5 Å². The number of aromatic nitrogens is 1. The molecule has 1 aliphatic rings. The summed E-state index contributed by atoms with van der Waals surface area (Å²) in [5, 5.41) is 3.95. The molecule has 0 saturated carbocycles. The van der Waals surface area contributed by atoms with E-state index in [1.165, 1.54) is 12.1 Å². The third kappa shape index (κ3) is 5.21. The molecular weight excluding hydrogens is 401 g/mol. The van der Waals surface area contributed by atoms with Crippen molar-refractivity contribution in [3.63, 3.8) is 0 Å². The number of hydrogen-bond donors (Lipinski definition) is 0. The normalized spacial score (nSPS) is 14.0. The monoisotopic (exact) mass is 425 g/mol. The van der Waals surface area contributed by atoms with Crippen LogP contribution in [-0.2, 0) is 16.1 Å². The number of nitrogens with zero attached hydrogens (tertiary/aromatic N) is 3. The van der Waals surface area contributed by atoms with Gasteiger partial charge in [-0.3, -0.25) is 4.79 Å². The molecule has 3 aromatic rings. The molecule has 7 nitrogen and oxygen atoms in total. The van der Waals surface area contributed by atoms with Gasteiger partial charge in [0.2, 0.25) is 5.91 Å². The zero-order chi connectivity index (χ0) is 21.6. The Kier molecular flexibility index (Phi) is 6.47. The van der Waals surface area contributed by atoms with Gasteiger partial charge in [0.1, 0.15) is 23.9 Å².